The van der Waals surface area contributed by atoms with Crippen LogP contribution in [-0.2, 0) is 4.79 Å². The van der Waals surface area contributed by atoms with Gasteiger partial charge in [0.2, 0.25) is 0 Å². The van der Waals surface area contributed by atoms with Crippen molar-refractivity contribution < 1.29 is 9.90 Å². The van der Waals surface area contributed by atoms with Crippen LogP contribution in [0.3, 0.4) is 0 Å². The van der Waals surface area contributed by atoms with Gasteiger partial charge >= 0.3 is 5.97 Å². The van der Waals surface area contributed by atoms with E-state index in [4.69, 9.17) is 0 Å². The average molecular weight is 247 g/mol. The summed E-state index contributed by atoms with van der Waals surface area (Å²) in [7, 11) is 0. The van der Waals surface area contributed by atoms with Gasteiger partial charge in [-0.15, -0.1) is 0 Å². The van der Waals surface area contributed by atoms with E-state index in [9.17, 15) is 9.90 Å². The second-order valence-electron chi connectivity index (χ2n) is 4.45. The Morgan fingerprint density at radius 1 is 1.44 bits per heavy atom. The number of aliphatic carboxylic acids is 1. The molecule has 3 rings (SSSR count). The van der Waals surface area contributed by atoms with Crippen LogP contribution >= 0.6 is 0 Å². The monoisotopic (exact) mass is 247 g/mol. The normalized spacial score (nSPS) is 24.2. The minimum Gasteiger partial charge on any atom is -0.481 e. The lowest BCUT2D eigenvalue weighted by atomic mass is 9.86. The second kappa shape index (κ2) is 4.34. The summed E-state index contributed by atoms with van der Waals surface area (Å²) in [6.07, 6.45) is 4.06. The van der Waals surface area contributed by atoms with Gasteiger partial charge in [0, 0.05) is 18.7 Å². The van der Waals surface area contributed by atoms with Crippen LogP contribution in [0.15, 0.2) is 12.4 Å². The first kappa shape index (κ1) is 11.1. The number of nitrogens with zero attached hydrogens (tertiary/aromatic N) is 3. The van der Waals surface area contributed by atoms with E-state index in [-0.39, 0.29) is 5.92 Å². The van der Waals surface area contributed by atoms with Crippen LogP contribution in [0.1, 0.15) is 18.2 Å². The number of fused-ring (bicyclic) bond motifs is 1. The highest BCUT2D eigenvalue weighted by Gasteiger charge is 2.33. The van der Waals surface area contributed by atoms with E-state index in [0.717, 1.165) is 18.4 Å². The van der Waals surface area contributed by atoms with Crippen molar-refractivity contribution in [2.24, 2.45) is 5.92 Å². The number of carboxylic acid groups (broad SMARTS) is 1. The minimum absolute atomic E-state index is 0.142. The lowest BCUT2D eigenvalue weighted by molar-refractivity contribution is -0.143. The van der Waals surface area contributed by atoms with E-state index in [1.807, 2.05) is 0 Å². The molecule has 3 N–H and O–H groups in total. The van der Waals surface area contributed by atoms with E-state index in [1.165, 1.54) is 0 Å². The molecule has 0 aliphatic carbocycles. The van der Waals surface area contributed by atoms with Crippen LogP contribution < -0.4 is 5.32 Å². The Kier molecular flexibility index (Phi) is 2.67. The van der Waals surface area contributed by atoms with Crippen molar-refractivity contribution in [1.82, 2.24) is 25.5 Å². The number of hydrogen-bond acceptors (Lipinski definition) is 5. The third kappa shape index (κ3) is 1.82. The number of rotatable bonds is 2. The van der Waals surface area contributed by atoms with Gasteiger partial charge in [-0.1, -0.05) is 0 Å². The summed E-state index contributed by atoms with van der Waals surface area (Å²) in [4.78, 5) is 19.9. The molecule has 0 spiro atoms. The van der Waals surface area contributed by atoms with Crippen LogP contribution in [0.2, 0.25) is 0 Å². The summed E-state index contributed by atoms with van der Waals surface area (Å²) in [6.45, 7) is 1.25. The van der Waals surface area contributed by atoms with Crippen molar-refractivity contribution in [3.05, 3.63) is 18.2 Å². The standard InChI is InChI=1S/C11H13N5O2/c17-11(18)8-5-12-2-1-7(8)10-13-3-6-4-14-16-9(6)15-10/h3-4,7-8,12H,1-2,5H2,(H,17,18)(H,13,14,15,16). The zero-order valence-corrected chi connectivity index (χ0v) is 9.63. The number of hydrogen-bond donors (Lipinski definition) is 3. The smallest absolute Gasteiger partial charge is 0.308 e. The summed E-state index contributed by atoms with van der Waals surface area (Å²) in [5.41, 5.74) is 0.655. The van der Waals surface area contributed by atoms with Crippen LogP contribution in [0, 0.1) is 5.92 Å². The van der Waals surface area contributed by atoms with E-state index in [1.54, 1.807) is 12.4 Å². The molecule has 7 heteroatoms. The summed E-state index contributed by atoms with van der Waals surface area (Å²) >= 11 is 0. The van der Waals surface area contributed by atoms with Crippen LogP contribution in [0.4, 0.5) is 0 Å². The van der Waals surface area contributed by atoms with Gasteiger partial charge in [0.05, 0.1) is 17.5 Å². The van der Waals surface area contributed by atoms with Gasteiger partial charge in [-0.2, -0.15) is 5.10 Å². The molecule has 0 radical (unpaired) electrons. The molecular formula is C11H13N5O2. The summed E-state index contributed by atoms with van der Waals surface area (Å²) in [5, 5.41) is 19.8. The quantitative estimate of drug-likeness (QED) is 0.697. The molecule has 2 atom stereocenters. The summed E-state index contributed by atoms with van der Waals surface area (Å²) < 4.78 is 0. The molecule has 18 heavy (non-hydrogen) atoms. The zero-order chi connectivity index (χ0) is 12.5. The fourth-order valence-electron chi connectivity index (χ4n) is 2.36. The van der Waals surface area contributed by atoms with E-state index >= 15 is 0 Å². The molecule has 2 aromatic rings. The van der Waals surface area contributed by atoms with Gasteiger partial charge in [0.25, 0.3) is 0 Å². The van der Waals surface area contributed by atoms with Gasteiger partial charge in [-0.3, -0.25) is 9.89 Å². The molecule has 0 aromatic carbocycles. The van der Waals surface area contributed by atoms with Crippen LogP contribution in [0.25, 0.3) is 11.0 Å². The number of nitrogens with one attached hydrogen (secondary N) is 2. The molecule has 1 aliphatic rings. The Hall–Kier alpha value is -2.02. The lowest BCUT2D eigenvalue weighted by Crippen LogP contribution is -2.40. The number of aromatic amines is 1. The number of carbonyl (C=O) groups is 1. The topological polar surface area (TPSA) is 104 Å². The molecule has 7 nitrogen and oxygen atoms in total. The Morgan fingerprint density at radius 2 is 2.33 bits per heavy atom. The van der Waals surface area contributed by atoms with E-state index in [2.05, 4.69) is 25.5 Å². The molecule has 94 valence electrons. The van der Waals surface area contributed by atoms with Crippen molar-refractivity contribution in [1.29, 1.82) is 0 Å². The first-order valence-electron chi connectivity index (χ1n) is 5.85. The molecule has 0 amide bonds. The highest BCUT2D eigenvalue weighted by molar-refractivity contribution is 5.73. The first-order chi connectivity index (χ1) is 8.75. The maximum absolute atomic E-state index is 11.2. The van der Waals surface area contributed by atoms with Gasteiger partial charge < -0.3 is 10.4 Å². The summed E-state index contributed by atoms with van der Waals surface area (Å²) in [5.74, 6) is -0.836. The van der Waals surface area contributed by atoms with Crippen molar-refractivity contribution in [3.63, 3.8) is 0 Å². The number of carboxylic acids is 1. The Morgan fingerprint density at radius 3 is 3.17 bits per heavy atom. The van der Waals surface area contributed by atoms with Crippen LogP contribution in [-0.4, -0.2) is 44.3 Å². The van der Waals surface area contributed by atoms with Gasteiger partial charge in [0.15, 0.2) is 5.65 Å². The average Bonchev–Trinajstić information content (AvgIpc) is 2.85. The third-order valence-electron chi connectivity index (χ3n) is 3.34. The SMILES string of the molecule is O=C(O)C1CNCCC1c1ncc2cn[nH]c2n1. The fraction of sp³-hybridized carbons (Fsp3) is 0.455. The maximum Gasteiger partial charge on any atom is 0.308 e. The van der Waals surface area contributed by atoms with Crippen molar-refractivity contribution in [2.45, 2.75) is 12.3 Å². The highest BCUT2D eigenvalue weighted by atomic mass is 16.4. The Balaban J connectivity index is 1.97. The van der Waals surface area contributed by atoms with Crippen molar-refractivity contribution in [3.8, 4) is 0 Å². The highest BCUT2D eigenvalue weighted by Crippen LogP contribution is 2.28. The Bertz CT molecular complexity index is 582. The van der Waals surface area contributed by atoms with Gasteiger partial charge in [0.1, 0.15) is 5.82 Å². The molecule has 0 saturated carbocycles. The minimum atomic E-state index is -0.805. The molecular weight excluding hydrogens is 234 g/mol. The zero-order valence-electron chi connectivity index (χ0n) is 9.63. The van der Waals surface area contributed by atoms with Gasteiger partial charge in [-0.05, 0) is 13.0 Å². The van der Waals surface area contributed by atoms with Crippen molar-refractivity contribution >= 4 is 17.0 Å². The first-order valence-corrected chi connectivity index (χ1v) is 5.85. The fourth-order valence-corrected chi connectivity index (χ4v) is 2.36. The predicted molar refractivity (Wildman–Crippen MR) is 63.0 cm³/mol. The Labute approximate surface area is 103 Å². The van der Waals surface area contributed by atoms with Crippen molar-refractivity contribution in [2.75, 3.05) is 13.1 Å². The molecule has 2 unspecified atom stereocenters. The number of H-pyrrole nitrogens is 1. The lowest BCUT2D eigenvalue weighted by Gasteiger charge is -2.27. The number of piperidine rings is 1. The molecule has 1 fully saturated rings. The van der Waals surface area contributed by atoms with E-state index < -0.39 is 11.9 Å². The van der Waals surface area contributed by atoms with E-state index in [0.29, 0.717) is 18.0 Å². The largest absolute Gasteiger partial charge is 0.481 e. The molecule has 3 heterocycles. The predicted octanol–water partition coefficient (Wildman–Crippen LogP) is 0.131. The number of aromatic nitrogens is 4. The third-order valence-corrected chi connectivity index (χ3v) is 3.34. The molecule has 0 bridgehead atoms. The molecule has 1 saturated heterocycles. The molecule has 2 aromatic heterocycles. The second-order valence-corrected chi connectivity index (χ2v) is 4.45. The van der Waals surface area contributed by atoms with Crippen LogP contribution in [0.5, 0.6) is 0 Å². The maximum atomic E-state index is 11.2. The van der Waals surface area contributed by atoms with Gasteiger partial charge in [-0.25, -0.2) is 9.97 Å². The summed E-state index contributed by atoms with van der Waals surface area (Å²) in [6, 6.07) is 0. The molecule has 1 aliphatic heterocycles.